The minimum atomic E-state index is 0.197. The van der Waals surface area contributed by atoms with Crippen LogP contribution in [0.4, 0.5) is 0 Å². The fraction of sp³-hybridized carbons (Fsp3) is 0.739. The van der Waals surface area contributed by atoms with Crippen LogP contribution < -0.4 is 0 Å². The standard InChI is InChI=1S/C23H38N2O2/c1-23(2,3)22-6-4-18(5-7-22)12-25-14-20(21(15-25)17-27)13-24-10-8-19(16-26)9-11-24/h4-7,19-21,26-27H,8-17H2,1-3H3/t20-,21-/m1/s1. The van der Waals surface area contributed by atoms with Gasteiger partial charge in [-0.25, -0.2) is 0 Å². The molecule has 2 atom stereocenters. The van der Waals surface area contributed by atoms with Crippen LogP contribution >= 0.6 is 0 Å². The third-order valence-corrected chi connectivity index (χ3v) is 6.57. The molecule has 2 saturated heterocycles. The van der Waals surface area contributed by atoms with E-state index in [4.69, 9.17) is 0 Å². The van der Waals surface area contributed by atoms with Gasteiger partial charge < -0.3 is 15.1 Å². The maximum atomic E-state index is 9.88. The van der Waals surface area contributed by atoms with Crippen LogP contribution in [-0.2, 0) is 12.0 Å². The van der Waals surface area contributed by atoms with Crippen molar-refractivity contribution >= 4 is 0 Å². The van der Waals surface area contributed by atoms with Gasteiger partial charge in [-0.2, -0.15) is 0 Å². The molecule has 2 N–H and O–H groups in total. The van der Waals surface area contributed by atoms with Gasteiger partial charge in [0.1, 0.15) is 0 Å². The van der Waals surface area contributed by atoms with E-state index in [0.717, 1.165) is 52.1 Å². The number of piperidine rings is 1. The molecular weight excluding hydrogens is 336 g/mol. The van der Waals surface area contributed by atoms with Gasteiger partial charge in [-0.3, -0.25) is 4.90 Å². The Morgan fingerprint density at radius 2 is 1.52 bits per heavy atom. The van der Waals surface area contributed by atoms with E-state index in [1.165, 1.54) is 11.1 Å². The monoisotopic (exact) mass is 374 g/mol. The summed E-state index contributed by atoms with van der Waals surface area (Å²) in [5.74, 6) is 1.43. The Bertz CT molecular complexity index is 573. The summed E-state index contributed by atoms with van der Waals surface area (Å²) in [6.45, 7) is 13.7. The van der Waals surface area contributed by atoms with Crippen molar-refractivity contribution in [3.8, 4) is 0 Å². The first-order valence-corrected chi connectivity index (χ1v) is 10.6. The molecule has 3 rings (SSSR count). The summed E-state index contributed by atoms with van der Waals surface area (Å²) in [6, 6.07) is 9.05. The highest BCUT2D eigenvalue weighted by Crippen LogP contribution is 2.28. The van der Waals surface area contributed by atoms with Crippen LogP contribution in [0, 0.1) is 17.8 Å². The smallest absolute Gasteiger partial charge is 0.0475 e. The zero-order valence-electron chi connectivity index (χ0n) is 17.4. The van der Waals surface area contributed by atoms with Gasteiger partial charge in [-0.05, 0) is 60.2 Å². The molecule has 0 unspecified atom stereocenters. The summed E-state index contributed by atoms with van der Waals surface area (Å²) >= 11 is 0. The van der Waals surface area contributed by atoms with Crippen LogP contribution in [0.1, 0.15) is 44.7 Å². The van der Waals surface area contributed by atoms with Crippen molar-refractivity contribution in [3.05, 3.63) is 35.4 Å². The number of hydrogen-bond donors (Lipinski definition) is 2. The minimum absolute atomic E-state index is 0.197. The largest absolute Gasteiger partial charge is 0.396 e. The number of rotatable bonds is 6. The van der Waals surface area contributed by atoms with E-state index in [1.54, 1.807) is 0 Å². The average Bonchev–Trinajstić information content (AvgIpc) is 3.03. The predicted molar refractivity (Wildman–Crippen MR) is 111 cm³/mol. The molecule has 0 saturated carbocycles. The highest BCUT2D eigenvalue weighted by Gasteiger charge is 2.34. The van der Waals surface area contributed by atoms with Crippen LogP contribution in [0.3, 0.4) is 0 Å². The van der Waals surface area contributed by atoms with Gasteiger partial charge >= 0.3 is 0 Å². The molecule has 2 aliphatic rings. The normalized spacial score (nSPS) is 26.0. The first-order chi connectivity index (χ1) is 12.9. The molecule has 1 aromatic carbocycles. The zero-order chi connectivity index (χ0) is 19.4. The Morgan fingerprint density at radius 1 is 0.889 bits per heavy atom. The van der Waals surface area contributed by atoms with E-state index in [9.17, 15) is 10.2 Å². The average molecular weight is 375 g/mol. The lowest BCUT2D eigenvalue weighted by Gasteiger charge is -2.33. The second kappa shape index (κ2) is 9.04. The van der Waals surface area contributed by atoms with Crippen LogP contribution in [0.15, 0.2) is 24.3 Å². The number of hydrogen-bond acceptors (Lipinski definition) is 4. The second-order valence-corrected chi connectivity index (χ2v) is 9.77. The van der Waals surface area contributed by atoms with E-state index in [0.29, 0.717) is 24.4 Å². The Kier molecular flexibility index (Phi) is 6.96. The van der Waals surface area contributed by atoms with Crippen molar-refractivity contribution in [2.24, 2.45) is 17.8 Å². The van der Waals surface area contributed by atoms with Gasteiger partial charge in [0.05, 0.1) is 0 Å². The highest BCUT2D eigenvalue weighted by molar-refractivity contribution is 5.27. The third kappa shape index (κ3) is 5.54. The molecule has 0 aromatic heterocycles. The number of aliphatic hydroxyl groups is 2. The molecule has 0 radical (unpaired) electrons. The summed E-state index contributed by atoms with van der Waals surface area (Å²) < 4.78 is 0. The van der Waals surface area contributed by atoms with Gasteiger partial charge in [0.2, 0.25) is 0 Å². The van der Waals surface area contributed by atoms with Gasteiger partial charge in [0.25, 0.3) is 0 Å². The van der Waals surface area contributed by atoms with E-state index in [-0.39, 0.29) is 12.0 Å². The summed E-state index contributed by atoms with van der Waals surface area (Å²) in [7, 11) is 0. The fourth-order valence-electron chi connectivity index (χ4n) is 4.63. The maximum Gasteiger partial charge on any atom is 0.0475 e. The molecule has 4 nitrogen and oxygen atoms in total. The molecule has 0 aliphatic carbocycles. The highest BCUT2D eigenvalue weighted by atomic mass is 16.3. The molecular formula is C23H38N2O2. The van der Waals surface area contributed by atoms with Crippen LogP contribution in [0.25, 0.3) is 0 Å². The Labute approximate surface area is 165 Å². The SMILES string of the molecule is CC(C)(C)c1ccc(CN2C[C@@H](CN3CCC(CO)CC3)[C@@H](CO)C2)cc1. The van der Waals surface area contributed by atoms with Crippen LogP contribution in [0.2, 0.25) is 0 Å². The fourth-order valence-corrected chi connectivity index (χ4v) is 4.63. The third-order valence-electron chi connectivity index (χ3n) is 6.57. The molecule has 152 valence electrons. The van der Waals surface area contributed by atoms with E-state index in [1.807, 2.05) is 0 Å². The van der Waals surface area contributed by atoms with E-state index in [2.05, 4.69) is 54.8 Å². The molecule has 2 fully saturated rings. The lowest BCUT2D eigenvalue weighted by Crippen LogP contribution is -2.40. The zero-order valence-corrected chi connectivity index (χ0v) is 17.4. The van der Waals surface area contributed by atoms with Crippen molar-refractivity contribution in [1.82, 2.24) is 9.80 Å². The van der Waals surface area contributed by atoms with Gasteiger partial charge in [-0.15, -0.1) is 0 Å². The molecule has 4 heteroatoms. The quantitative estimate of drug-likeness (QED) is 0.804. The summed E-state index contributed by atoms with van der Waals surface area (Å²) in [4.78, 5) is 5.05. The van der Waals surface area contributed by atoms with E-state index >= 15 is 0 Å². The van der Waals surface area contributed by atoms with Gasteiger partial charge in [0.15, 0.2) is 0 Å². The summed E-state index contributed by atoms with van der Waals surface area (Å²) in [6.07, 6.45) is 2.22. The van der Waals surface area contributed by atoms with Crippen molar-refractivity contribution in [1.29, 1.82) is 0 Å². The van der Waals surface area contributed by atoms with Crippen molar-refractivity contribution in [3.63, 3.8) is 0 Å². The molecule has 0 bridgehead atoms. The molecule has 2 aliphatic heterocycles. The lowest BCUT2D eigenvalue weighted by atomic mass is 9.87. The minimum Gasteiger partial charge on any atom is -0.396 e. The lowest BCUT2D eigenvalue weighted by molar-refractivity contribution is 0.106. The topological polar surface area (TPSA) is 46.9 Å². The molecule has 0 spiro atoms. The number of likely N-dealkylation sites (tertiary alicyclic amines) is 2. The molecule has 27 heavy (non-hydrogen) atoms. The Hall–Kier alpha value is -0.940. The Morgan fingerprint density at radius 3 is 2.07 bits per heavy atom. The van der Waals surface area contributed by atoms with Gasteiger partial charge in [-0.1, -0.05) is 45.0 Å². The number of aliphatic hydroxyl groups excluding tert-OH is 2. The van der Waals surface area contributed by atoms with Crippen LogP contribution in [-0.4, -0.2) is 66.0 Å². The van der Waals surface area contributed by atoms with Crippen LogP contribution in [0.5, 0.6) is 0 Å². The molecule has 0 amide bonds. The predicted octanol–water partition coefficient (Wildman–Crippen LogP) is 2.73. The molecule has 1 aromatic rings. The van der Waals surface area contributed by atoms with Crippen molar-refractivity contribution in [2.75, 3.05) is 45.9 Å². The first kappa shape index (κ1) is 20.8. The van der Waals surface area contributed by atoms with Crippen molar-refractivity contribution in [2.45, 2.75) is 45.6 Å². The Balaban J connectivity index is 1.53. The maximum absolute atomic E-state index is 9.88. The second-order valence-electron chi connectivity index (χ2n) is 9.77. The number of benzene rings is 1. The van der Waals surface area contributed by atoms with Crippen molar-refractivity contribution < 1.29 is 10.2 Å². The molecule has 2 heterocycles. The summed E-state index contributed by atoms with van der Waals surface area (Å²) in [5.41, 5.74) is 2.94. The van der Waals surface area contributed by atoms with E-state index < -0.39 is 0 Å². The number of nitrogens with zero attached hydrogens (tertiary/aromatic N) is 2. The van der Waals surface area contributed by atoms with Gasteiger partial charge in [0, 0.05) is 39.4 Å². The first-order valence-electron chi connectivity index (χ1n) is 10.6. The summed E-state index contributed by atoms with van der Waals surface area (Å²) in [5, 5.41) is 19.2.